The minimum atomic E-state index is 0.103. The summed E-state index contributed by atoms with van der Waals surface area (Å²) in [7, 11) is 0. The van der Waals surface area contributed by atoms with E-state index in [1.807, 2.05) is 12.1 Å². The topological polar surface area (TPSA) is 73.6 Å². The van der Waals surface area contributed by atoms with Crippen molar-refractivity contribution in [3.8, 4) is 21.8 Å². The van der Waals surface area contributed by atoms with Crippen LogP contribution >= 0.6 is 11.3 Å². The van der Waals surface area contributed by atoms with Gasteiger partial charge in [0.25, 0.3) is 0 Å². The summed E-state index contributed by atoms with van der Waals surface area (Å²) in [5, 5.41) is 14.0. The number of carbonyl (C=O) groups excluding carboxylic acids is 1. The van der Waals surface area contributed by atoms with Crippen LogP contribution in [0.3, 0.4) is 0 Å². The summed E-state index contributed by atoms with van der Waals surface area (Å²) >= 11 is 1.55. The molecule has 0 amide bonds. The zero-order valence-electron chi connectivity index (χ0n) is 23.8. The molecule has 3 aliphatic rings. The van der Waals surface area contributed by atoms with Gasteiger partial charge >= 0.3 is 0 Å². The molecule has 0 aliphatic heterocycles. The van der Waals surface area contributed by atoms with E-state index in [9.17, 15) is 4.79 Å². The standard InChI is InChI=1S/C36H34N4OS/c1-21(41)34-11-12-35(42-34)28-7-4-8-31-29(28)18-33(38-31)36-30-17-24(9-10-32(30)39-40-36)25-13-23(14-26-16-27(26)15-25)20-37-19-22-5-2-3-6-22/h4,7-15,17-18,22,27,37-38H,2-3,5-6,16,19-20H2,1H3,(H,39,40)/t27-/m0/s1. The van der Waals surface area contributed by atoms with Crippen LogP contribution in [0.25, 0.3) is 49.2 Å². The minimum absolute atomic E-state index is 0.103. The molecule has 0 bridgehead atoms. The second-order valence-corrected chi connectivity index (χ2v) is 13.2. The van der Waals surface area contributed by atoms with Gasteiger partial charge in [-0.1, -0.05) is 54.8 Å². The van der Waals surface area contributed by atoms with E-state index in [-0.39, 0.29) is 5.78 Å². The second kappa shape index (κ2) is 10.4. The molecule has 0 unspecified atom stereocenters. The van der Waals surface area contributed by atoms with Gasteiger partial charge in [-0.2, -0.15) is 5.10 Å². The monoisotopic (exact) mass is 570 g/mol. The molecule has 2 saturated carbocycles. The first kappa shape index (κ1) is 25.7. The predicted octanol–water partition coefficient (Wildman–Crippen LogP) is 8.69. The highest BCUT2D eigenvalue weighted by Gasteiger charge is 2.29. The lowest BCUT2D eigenvalue weighted by molar-refractivity contribution is 0.102. The van der Waals surface area contributed by atoms with Gasteiger partial charge in [-0.05, 0) is 91.8 Å². The average Bonchev–Trinajstić information content (AvgIpc) is 3.52. The maximum absolute atomic E-state index is 11.9. The Balaban J connectivity index is 1.12. The van der Waals surface area contributed by atoms with Crippen LogP contribution in [-0.2, 0) is 0 Å². The van der Waals surface area contributed by atoms with E-state index < -0.39 is 0 Å². The summed E-state index contributed by atoms with van der Waals surface area (Å²) in [6.07, 6.45) is 14.0. The molecule has 8 rings (SSSR count). The van der Waals surface area contributed by atoms with Crippen molar-refractivity contribution in [1.82, 2.24) is 20.5 Å². The summed E-state index contributed by atoms with van der Waals surface area (Å²) < 4.78 is 0. The Hall–Kier alpha value is -4.00. The fourth-order valence-electron chi connectivity index (χ4n) is 6.76. The summed E-state index contributed by atoms with van der Waals surface area (Å²) in [6, 6.07) is 19.1. The zero-order valence-corrected chi connectivity index (χ0v) is 24.6. The number of nitrogens with zero attached hydrogens (tertiary/aromatic N) is 1. The van der Waals surface area contributed by atoms with E-state index >= 15 is 0 Å². The van der Waals surface area contributed by atoms with Crippen molar-refractivity contribution in [2.24, 2.45) is 11.8 Å². The van der Waals surface area contributed by atoms with E-state index in [1.165, 1.54) is 48.8 Å². The number of aromatic nitrogens is 3. The maximum Gasteiger partial charge on any atom is 0.169 e. The molecule has 3 aliphatic carbocycles. The first-order valence-corrected chi connectivity index (χ1v) is 16.0. The van der Waals surface area contributed by atoms with Crippen LogP contribution in [0.2, 0.25) is 0 Å². The molecule has 0 radical (unpaired) electrons. The van der Waals surface area contributed by atoms with Crippen molar-refractivity contribution < 1.29 is 4.79 Å². The zero-order chi connectivity index (χ0) is 28.2. The van der Waals surface area contributed by atoms with Crippen LogP contribution in [0.4, 0.5) is 0 Å². The van der Waals surface area contributed by atoms with Crippen molar-refractivity contribution >= 4 is 44.5 Å². The van der Waals surface area contributed by atoms with Crippen molar-refractivity contribution in [3.63, 3.8) is 0 Å². The highest BCUT2D eigenvalue weighted by molar-refractivity contribution is 7.17. The Morgan fingerprint density at radius 2 is 1.93 bits per heavy atom. The summed E-state index contributed by atoms with van der Waals surface area (Å²) in [6.45, 7) is 3.68. The highest BCUT2D eigenvalue weighted by Crippen LogP contribution is 2.44. The third-order valence-corrected chi connectivity index (χ3v) is 10.4. The van der Waals surface area contributed by atoms with Crippen LogP contribution in [0.15, 0.2) is 84.0 Å². The molecule has 5 aromatic rings. The maximum atomic E-state index is 11.9. The van der Waals surface area contributed by atoms with Crippen molar-refractivity contribution in [1.29, 1.82) is 0 Å². The fraction of sp³-hybridized carbons (Fsp3) is 0.278. The molecular weight excluding hydrogens is 536 g/mol. The molecule has 0 spiro atoms. The lowest BCUT2D eigenvalue weighted by Gasteiger charge is -2.12. The molecule has 5 nitrogen and oxygen atoms in total. The van der Waals surface area contributed by atoms with Gasteiger partial charge in [-0.3, -0.25) is 9.89 Å². The molecule has 42 heavy (non-hydrogen) atoms. The number of nitrogens with one attached hydrogen (secondary N) is 3. The quantitative estimate of drug-likeness (QED) is 0.163. The number of thiophene rings is 1. The smallest absolute Gasteiger partial charge is 0.169 e. The van der Waals surface area contributed by atoms with E-state index in [2.05, 4.69) is 76.1 Å². The van der Waals surface area contributed by atoms with Crippen molar-refractivity contribution in [2.75, 3.05) is 13.1 Å². The molecule has 3 heterocycles. The van der Waals surface area contributed by atoms with E-state index in [0.29, 0.717) is 5.92 Å². The van der Waals surface area contributed by atoms with Crippen LogP contribution in [0.1, 0.15) is 54.3 Å². The molecule has 3 aromatic heterocycles. The number of allylic oxidation sites excluding steroid dienone is 4. The Labute approximate surface area is 249 Å². The van der Waals surface area contributed by atoms with Gasteiger partial charge in [0, 0.05) is 39.2 Å². The van der Waals surface area contributed by atoms with Gasteiger partial charge in [0.15, 0.2) is 5.78 Å². The molecule has 2 aromatic carbocycles. The number of carbonyl (C=O) groups is 1. The third-order valence-electron chi connectivity index (χ3n) is 9.13. The fourth-order valence-corrected chi connectivity index (χ4v) is 7.70. The molecule has 0 saturated heterocycles. The van der Waals surface area contributed by atoms with Crippen LogP contribution in [0, 0.1) is 11.8 Å². The van der Waals surface area contributed by atoms with Crippen LogP contribution in [-0.4, -0.2) is 34.1 Å². The third kappa shape index (κ3) is 4.79. The number of rotatable bonds is 8. The van der Waals surface area contributed by atoms with E-state index in [0.717, 1.165) is 67.5 Å². The molecule has 210 valence electrons. The number of H-pyrrole nitrogens is 2. The molecule has 1 atom stereocenters. The molecule has 2 fully saturated rings. The largest absolute Gasteiger partial charge is 0.353 e. The summed E-state index contributed by atoms with van der Waals surface area (Å²) in [5.41, 5.74) is 10.6. The Kier molecular flexibility index (Phi) is 6.34. The number of benzene rings is 2. The van der Waals surface area contributed by atoms with Gasteiger partial charge in [0.2, 0.25) is 0 Å². The molecular formula is C36H34N4OS. The second-order valence-electron chi connectivity index (χ2n) is 12.2. The van der Waals surface area contributed by atoms with Crippen molar-refractivity contribution in [3.05, 3.63) is 94.4 Å². The van der Waals surface area contributed by atoms with Gasteiger partial charge in [-0.25, -0.2) is 0 Å². The summed E-state index contributed by atoms with van der Waals surface area (Å²) in [5.74, 6) is 1.52. The SMILES string of the molecule is CC(=O)c1ccc(-c2cccc3[nH]c(-c4n[nH]c5ccc(C6=C[C@H]7CC7=CC(CNCC7CCCC7)=C6)cc45)cc23)s1. The minimum Gasteiger partial charge on any atom is -0.353 e. The highest BCUT2D eigenvalue weighted by atomic mass is 32.1. The number of fused-ring (bicyclic) bond motifs is 3. The van der Waals surface area contributed by atoms with Gasteiger partial charge < -0.3 is 10.3 Å². The Morgan fingerprint density at radius 3 is 2.79 bits per heavy atom. The van der Waals surface area contributed by atoms with Gasteiger partial charge in [-0.15, -0.1) is 11.3 Å². The van der Waals surface area contributed by atoms with Crippen LogP contribution in [0.5, 0.6) is 0 Å². The van der Waals surface area contributed by atoms with Gasteiger partial charge in [0.1, 0.15) is 5.69 Å². The number of hydrogen-bond donors (Lipinski definition) is 3. The Bertz CT molecular complexity index is 1940. The van der Waals surface area contributed by atoms with E-state index in [4.69, 9.17) is 5.10 Å². The molecule has 3 N–H and O–H groups in total. The van der Waals surface area contributed by atoms with E-state index in [1.54, 1.807) is 23.8 Å². The lowest BCUT2D eigenvalue weighted by atomic mass is 9.99. The lowest BCUT2D eigenvalue weighted by Crippen LogP contribution is -2.23. The predicted molar refractivity (Wildman–Crippen MR) is 174 cm³/mol. The molecule has 6 heteroatoms. The van der Waals surface area contributed by atoms with Crippen molar-refractivity contribution in [2.45, 2.75) is 39.0 Å². The number of Topliss-reactive ketones (excluding diaryl/α,β-unsaturated/α-hetero) is 1. The summed E-state index contributed by atoms with van der Waals surface area (Å²) in [4.78, 5) is 17.4. The number of aromatic amines is 2. The number of hydrogen-bond acceptors (Lipinski definition) is 4. The number of ketones is 1. The first-order chi connectivity index (χ1) is 20.6. The van der Waals surface area contributed by atoms with Crippen LogP contribution < -0.4 is 5.32 Å². The normalized spacial score (nSPS) is 18.6. The first-order valence-electron chi connectivity index (χ1n) is 15.1. The average molecular weight is 571 g/mol. The Morgan fingerprint density at radius 1 is 1.02 bits per heavy atom. The van der Waals surface area contributed by atoms with Gasteiger partial charge in [0.05, 0.1) is 16.1 Å².